The molecule has 3 nitrogen and oxygen atoms in total. The Kier molecular flexibility index (Phi) is 3.31. The van der Waals surface area contributed by atoms with Gasteiger partial charge in [0.1, 0.15) is 0 Å². The van der Waals surface area contributed by atoms with Crippen molar-refractivity contribution in [2.24, 2.45) is 11.8 Å². The summed E-state index contributed by atoms with van der Waals surface area (Å²) in [4.78, 5) is 13.5. The molecule has 19 heavy (non-hydrogen) atoms. The molecule has 2 aliphatic rings. The maximum absolute atomic E-state index is 11.2. The average molecular weight is 259 g/mol. The summed E-state index contributed by atoms with van der Waals surface area (Å²) in [5.41, 5.74) is 2.87. The first kappa shape index (κ1) is 12.7. The first-order valence-electron chi connectivity index (χ1n) is 7.18. The summed E-state index contributed by atoms with van der Waals surface area (Å²) in [6.07, 6.45) is 2.62. The largest absolute Gasteiger partial charge is 0.481 e. The van der Waals surface area contributed by atoms with Crippen LogP contribution in [-0.2, 0) is 11.3 Å². The van der Waals surface area contributed by atoms with Gasteiger partial charge in [-0.3, -0.25) is 9.69 Å². The number of benzene rings is 1. The predicted molar refractivity (Wildman–Crippen MR) is 74.0 cm³/mol. The Balaban J connectivity index is 1.71. The lowest BCUT2D eigenvalue weighted by atomic mass is 9.99. The van der Waals surface area contributed by atoms with Gasteiger partial charge in [0.25, 0.3) is 0 Å². The zero-order chi connectivity index (χ0) is 13.4. The molecule has 0 spiro atoms. The maximum Gasteiger partial charge on any atom is 0.308 e. The van der Waals surface area contributed by atoms with Crippen molar-refractivity contribution in [3.63, 3.8) is 0 Å². The zero-order valence-corrected chi connectivity index (χ0v) is 11.4. The minimum Gasteiger partial charge on any atom is -0.481 e. The summed E-state index contributed by atoms with van der Waals surface area (Å²) in [5.74, 6) is 0.163. The Hall–Kier alpha value is -1.35. The van der Waals surface area contributed by atoms with E-state index in [-0.39, 0.29) is 11.8 Å². The molecule has 3 rings (SSSR count). The summed E-state index contributed by atoms with van der Waals surface area (Å²) < 4.78 is 0. The van der Waals surface area contributed by atoms with E-state index in [1.807, 2.05) is 6.92 Å². The van der Waals surface area contributed by atoms with Crippen LogP contribution in [0.2, 0.25) is 0 Å². The monoisotopic (exact) mass is 259 g/mol. The van der Waals surface area contributed by atoms with Crippen molar-refractivity contribution in [3.05, 3.63) is 35.4 Å². The normalized spacial score (nSPS) is 27.6. The van der Waals surface area contributed by atoms with Gasteiger partial charge < -0.3 is 5.11 Å². The lowest BCUT2D eigenvalue weighted by Crippen LogP contribution is -2.23. The van der Waals surface area contributed by atoms with E-state index in [0.717, 1.165) is 19.0 Å². The van der Waals surface area contributed by atoms with Gasteiger partial charge in [-0.2, -0.15) is 0 Å². The molecule has 1 saturated heterocycles. The van der Waals surface area contributed by atoms with Gasteiger partial charge in [-0.25, -0.2) is 0 Å². The van der Waals surface area contributed by atoms with Crippen LogP contribution in [-0.4, -0.2) is 29.1 Å². The highest BCUT2D eigenvalue weighted by molar-refractivity contribution is 5.71. The summed E-state index contributed by atoms with van der Waals surface area (Å²) in [7, 11) is 0. The fraction of sp³-hybridized carbons (Fsp3) is 0.562. The first-order valence-corrected chi connectivity index (χ1v) is 7.18. The Bertz CT molecular complexity index is 481. The second-order valence-corrected chi connectivity index (χ2v) is 6.09. The van der Waals surface area contributed by atoms with Crippen LogP contribution in [0.15, 0.2) is 24.3 Å². The number of carbonyl (C=O) groups is 1. The third-order valence-corrected chi connectivity index (χ3v) is 4.47. The average Bonchev–Trinajstić information content (AvgIpc) is 3.14. The van der Waals surface area contributed by atoms with Crippen LogP contribution in [0.3, 0.4) is 0 Å². The predicted octanol–water partition coefficient (Wildman–Crippen LogP) is 2.72. The number of hydrogen-bond donors (Lipinski definition) is 1. The molecule has 1 heterocycles. The Labute approximate surface area is 114 Å². The molecule has 0 amide bonds. The molecule has 1 aromatic rings. The van der Waals surface area contributed by atoms with Crippen LogP contribution in [0.4, 0.5) is 0 Å². The molecule has 3 heteroatoms. The Morgan fingerprint density at radius 3 is 2.68 bits per heavy atom. The third-order valence-electron chi connectivity index (χ3n) is 4.47. The van der Waals surface area contributed by atoms with Crippen molar-refractivity contribution in [1.29, 1.82) is 0 Å². The van der Waals surface area contributed by atoms with Crippen molar-refractivity contribution in [3.8, 4) is 0 Å². The number of hydrogen-bond acceptors (Lipinski definition) is 2. The van der Waals surface area contributed by atoms with Crippen molar-refractivity contribution < 1.29 is 9.90 Å². The molecule has 2 fully saturated rings. The molecular weight excluding hydrogens is 238 g/mol. The van der Waals surface area contributed by atoms with Crippen LogP contribution in [0.5, 0.6) is 0 Å². The molecule has 0 aromatic heterocycles. The number of likely N-dealkylation sites (tertiary alicyclic amines) is 1. The van der Waals surface area contributed by atoms with E-state index < -0.39 is 5.97 Å². The van der Waals surface area contributed by atoms with Gasteiger partial charge >= 0.3 is 5.97 Å². The molecular formula is C16H21NO2. The third kappa shape index (κ3) is 2.66. The lowest BCUT2D eigenvalue weighted by molar-refractivity contribution is -0.142. The summed E-state index contributed by atoms with van der Waals surface area (Å²) in [5, 5.41) is 9.19. The number of aliphatic carboxylic acids is 1. The fourth-order valence-corrected chi connectivity index (χ4v) is 3.23. The van der Waals surface area contributed by atoms with Crippen LogP contribution in [0.25, 0.3) is 0 Å². The van der Waals surface area contributed by atoms with E-state index in [2.05, 4.69) is 29.2 Å². The van der Waals surface area contributed by atoms with E-state index >= 15 is 0 Å². The molecule has 2 atom stereocenters. The number of carboxylic acids is 1. The van der Waals surface area contributed by atoms with E-state index in [1.54, 1.807) is 0 Å². The quantitative estimate of drug-likeness (QED) is 0.903. The highest BCUT2D eigenvalue weighted by atomic mass is 16.4. The molecule has 1 aliphatic carbocycles. The molecule has 1 aliphatic heterocycles. The molecule has 2 unspecified atom stereocenters. The second kappa shape index (κ2) is 4.97. The Morgan fingerprint density at radius 2 is 2.05 bits per heavy atom. The standard InChI is InChI=1S/C16H21NO2/c1-11-8-17(10-15(11)16(18)19)9-13-4-2-3-5-14(13)12-6-7-12/h2-5,11-12,15H,6-10H2,1H3,(H,18,19). The minimum absolute atomic E-state index is 0.201. The smallest absolute Gasteiger partial charge is 0.308 e. The van der Waals surface area contributed by atoms with E-state index in [4.69, 9.17) is 0 Å². The van der Waals surface area contributed by atoms with Gasteiger partial charge in [0.2, 0.25) is 0 Å². The van der Waals surface area contributed by atoms with Gasteiger partial charge in [-0.1, -0.05) is 31.2 Å². The van der Waals surface area contributed by atoms with Gasteiger partial charge in [-0.05, 0) is 35.8 Å². The molecule has 1 aromatic carbocycles. The summed E-state index contributed by atoms with van der Waals surface area (Å²) in [6, 6.07) is 8.65. The SMILES string of the molecule is CC1CN(Cc2ccccc2C2CC2)CC1C(=O)O. The van der Waals surface area contributed by atoms with Crippen molar-refractivity contribution in [1.82, 2.24) is 4.90 Å². The van der Waals surface area contributed by atoms with Crippen molar-refractivity contribution in [2.75, 3.05) is 13.1 Å². The molecule has 0 bridgehead atoms. The Morgan fingerprint density at radius 1 is 1.32 bits per heavy atom. The maximum atomic E-state index is 11.2. The van der Waals surface area contributed by atoms with E-state index in [1.165, 1.54) is 24.0 Å². The molecule has 1 N–H and O–H groups in total. The van der Waals surface area contributed by atoms with Gasteiger partial charge in [0, 0.05) is 19.6 Å². The minimum atomic E-state index is -0.648. The van der Waals surface area contributed by atoms with E-state index in [9.17, 15) is 9.90 Å². The number of rotatable bonds is 4. The van der Waals surface area contributed by atoms with Crippen molar-refractivity contribution >= 4 is 5.97 Å². The van der Waals surface area contributed by atoms with Crippen LogP contribution in [0.1, 0.15) is 36.8 Å². The number of nitrogens with zero attached hydrogens (tertiary/aromatic N) is 1. The molecule has 102 valence electrons. The number of carboxylic acid groups (broad SMARTS) is 1. The highest BCUT2D eigenvalue weighted by Gasteiger charge is 2.35. The molecule has 1 saturated carbocycles. The second-order valence-electron chi connectivity index (χ2n) is 6.09. The highest BCUT2D eigenvalue weighted by Crippen LogP contribution is 2.42. The zero-order valence-electron chi connectivity index (χ0n) is 11.4. The fourth-order valence-electron chi connectivity index (χ4n) is 3.23. The van der Waals surface area contributed by atoms with Crippen molar-refractivity contribution in [2.45, 2.75) is 32.2 Å². The van der Waals surface area contributed by atoms with Crippen LogP contribution in [0, 0.1) is 11.8 Å². The van der Waals surface area contributed by atoms with Gasteiger partial charge in [-0.15, -0.1) is 0 Å². The van der Waals surface area contributed by atoms with Gasteiger partial charge in [0.15, 0.2) is 0 Å². The van der Waals surface area contributed by atoms with Crippen LogP contribution >= 0.6 is 0 Å². The lowest BCUT2D eigenvalue weighted by Gasteiger charge is -2.18. The first-order chi connectivity index (χ1) is 9.15. The summed E-state index contributed by atoms with van der Waals surface area (Å²) >= 11 is 0. The van der Waals surface area contributed by atoms with Gasteiger partial charge in [0.05, 0.1) is 5.92 Å². The topological polar surface area (TPSA) is 40.5 Å². The van der Waals surface area contributed by atoms with E-state index in [0.29, 0.717) is 6.54 Å². The van der Waals surface area contributed by atoms with Crippen LogP contribution < -0.4 is 0 Å². The molecule has 0 radical (unpaired) electrons. The summed E-state index contributed by atoms with van der Waals surface area (Å²) in [6.45, 7) is 4.54.